The van der Waals surface area contributed by atoms with Gasteiger partial charge in [-0.2, -0.15) is 0 Å². The molecule has 6 heteroatoms. The minimum absolute atomic E-state index is 0.249. The number of hydrogen-bond acceptors (Lipinski definition) is 2. The zero-order chi connectivity index (χ0) is 18.2. The molecule has 3 aromatic rings. The molecule has 3 rings (SSSR count). The molecule has 0 aliphatic rings. The summed E-state index contributed by atoms with van der Waals surface area (Å²) in [5, 5.41) is 0.780. The highest BCUT2D eigenvalue weighted by molar-refractivity contribution is 7.89. The molecule has 0 spiro atoms. The lowest BCUT2D eigenvalue weighted by atomic mass is 10.1. The summed E-state index contributed by atoms with van der Waals surface area (Å²) in [5.41, 5.74) is 4.23. The zero-order valence-corrected chi connectivity index (χ0v) is 15.3. The summed E-state index contributed by atoms with van der Waals surface area (Å²) in [7, 11) is -3.59. The summed E-state index contributed by atoms with van der Waals surface area (Å²) in [6, 6.07) is 8.27. The monoisotopic (exact) mass is 360 g/mol. The number of halogens is 1. The smallest absolute Gasteiger partial charge is 0.241 e. The van der Waals surface area contributed by atoms with Crippen LogP contribution in [0.5, 0.6) is 0 Å². The second kappa shape index (κ2) is 6.61. The van der Waals surface area contributed by atoms with Gasteiger partial charge in [0, 0.05) is 23.6 Å². The van der Waals surface area contributed by atoms with Gasteiger partial charge < -0.3 is 4.98 Å². The highest BCUT2D eigenvalue weighted by atomic mass is 32.2. The Bertz CT molecular complexity index is 1020. The Hall–Kier alpha value is -2.18. The second-order valence-electron chi connectivity index (χ2n) is 6.38. The Morgan fingerprint density at radius 1 is 1.08 bits per heavy atom. The number of hydrogen-bond donors (Lipinski definition) is 2. The van der Waals surface area contributed by atoms with Gasteiger partial charge in [0.2, 0.25) is 10.0 Å². The number of aryl methyl sites for hydroxylation is 3. The molecule has 0 aliphatic heterocycles. The van der Waals surface area contributed by atoms with Gasteiger partial charge in [0.25, 0.3) is 0 Å². The number of rotatable bonds is 5. The molecule has 0 atom stereocenters. The minimum atomic E-state index is -3.59. The van der Waals surface area contributed by atoms with Crippen molar-refractivity contribution in [3.63, 3.8) is 0 Å². The number of fused-ring (bicyclic) bond motifs is 1. The maximum atomic E-state index is 13.4. The summed E-state index contributed by atoms with van der Waals surface area (Å²) < 4.78 is 41.4. The van der Waals surface area contributed by atoms with Crippen molar-refractivity contribution in [3.8, 4) is 0 Å². The van der Waals surface area contributed by atoms with Crippen molar-refractivity contribution in [1.29, 1.82) is 0 Å². The van der Waals surface area contributed by atoms with Crippen molar-refractivity contribution in [2.45, 2.75) is 32.1 Å². The topological polar surface area (TPSA) is 62.0 Å². The van der Waals surface area contributed by atoms with Gasteiger partial charge in [0.1, 0.15) is 5.82 Å². The van der Waals surface area contributed by atoms with Gasteiger partial charge in [0.15, 0.2) is 0 Å². The van der Waals surface area contributed by atoms with Crippen molar-refractivity contribution in [2.75, 3.05) is 6.54 Å². The van der Waals surface area contributed by atoms with Crippen LogP contribution in [-0.4, -0.2) is 19.9 Å². The van der Waals surface area contributed by atoms with Crippen LogP contribution in [0.4, 0.5) is 4.39 Å². The van der Waals surface area contributed by atoms with Gasteiger partial charge in [-0.3, -0.25) is 0 Å². The van der Waals surface area contributed by atoms with Gasteiger partial charge >= 0.3 is 0 Å². The molecule has 0 aliphatic carbocycles. The van der Waals surface area contributed by atoms with Crippen LogP contribution in [0.15, 0.2) is 41.4 Å². The van der Waals surface area contributed by atoms with E-state index >= 15 is 0 Å². The van der Waals surface area contributed by atoms with Crippen LogP contribution >= 0.6 is 0 Å². The largest absolute Gasteiger partial charge is 0.361 e. The van der Waals surface area contributed by atoms with E-state index in [4.69, 9.17) is 0 Å². The van der Waals surface area contributed by atoms with Crippen LogP contribution in [0.1, 0.15) is 22.3 Å². The quantitative estimate of drug-likeness (QED) is 0.728. The lowest BCUT2D eigenvalue weighted by molar-refractivity contribution is 0.580. The molecule has 132 valence electrons. The van der Waals surface area contributed by atoms with E-state index in [0.717, 1.165) is 33.2 Å². The third-order valence-electron chi connectivity index (χ3n) is 4.29. The Morgan fingerprint density at radius 2 is 1.76 bits per heavy atom. The van der Waals surface area contributed by atoms with Gasteiger partial charge in [-0.1, -0.05) is 17.7 Å². The van der Waals surface area contributed by atoms with E-state index in [2.05, 4.69) is 9.71 Å². The van der Waals surface area contributed by atoms with E-state index in [9.17, 15) is 12.8 Å². The summed E-state index contributed by atoms with van der Waals surface area (Å²) in [5.74, 6) is -0.306. The Morgan fingerprint density at radius 3 is 2.44 bits per heavy atom. The molecular formula is C19H21FN2O2S. The fraction of sp³-hybridized carbons (Fsp3) is 0.263. The van der Waals surface area contributed by atoms with Crippen LogP contribution in [0.2, 0.25) is 0 Å². The maximum absolute atomic E-state index is 13.4. The first-order valence-electron chi connectivity index (χ1n) is 8.11. The van der Waals surface area contributed by atoms with E-state index < -0.39 is 10.0 Å². The molecule has 1 heterocycles. The summed E-state index contributed by atoms with van der Waals surface area (Å²) >= 11 is 0. The standard InChI is InChI=1S/C19H21FN2O2S/c1-12-8-13(2)19(14(3)9-12)25(23,24)22-7-6-15-11-21-18-5-4-16(20)10-17(15)18/h4-5,8-11,21-22H,6-7H2,1-3H3. The molecule has 0 radical (unpaired) electrons. The van der Waals surface area contributed by atoms with Crippen molar-refractivity contribution in [1.82, 2.24) is 9.71 Å². The molecule has 0 unspecified atom stereocenters. The van der Waals surface area contributed by atoms with Crippen molar-refractivity contribution in [3.05, 3.63) is 64.6 Å². The highest BCUT2D eigenvalue weighted by Gasteiger charge is 2.19. The molecule has 0 saturated carbocycles. The van der Waals surface area contributed by atoms with Crippen LogP contribution in [0.3, 0.4) is 0 Å². The second-order valence-corrected chi connectivity index (χ2v) is 8.08. The van der Waals surface area contributed by atoms with E-state index in [1.807, 2.05) is 19.1 Å². The highest BCUT2D eigenvalue weighted by Crippen LogP contribution is 2.22. The lowest BCUT2D eigenvalue weighted by Crippen LogP contribution is -2.27. The van der Waals surface area contributed by atoms with Gasteiger partial charge in [0.05, 0.1) is 4.90 Å². The molecule has 2 N–H and O–H groups in total. The van der Waals surface area contributed by atoms with E-state index in [-0.39, 0.29) is 12.4 Å². The number of nitrogens with one attached hydrogen (secondary N) is 2. The lowest BCUT2D eigenvalue weighted by Gasteiger charge is -2.13. The summed E-state index contributed by atoms with van der Waals surface area (Å²) in [6.07, 6.45) is 2.27. The van der Waals surface area contributed by atoms with E-state index in [0.29, 0.717) is 11.3 Å². The molecule has 1 aromatic heterocycles. The number of aromatic nitrogens is 1. The first-order chi connectivity index (χ1) is 11.8. The average molecular weight is 360 g/mol. The Balaban J connectivity index is 1.78. The third-order valence-corrected chi connectivity index (χ3v) is 6.05. The van der Waals surface area contributed by atoms with Crippen LogP contribution in [0, 0.1) is 26.6 Å². The van der Waals surface area contributed by atoms with Gasteiger partial charge in [-0.25, -0.2) is 17.5 Å². The minimum Gasteiger partial charge on any atom is -0.361 e. The van der Waals surface area contributed by atoms with Crippen molar-refractivity contribution >= 4 is 20.9 Å². The molecule has 0 bridgehead atoms. The first kappa shape index (κ1) is 17.6. The summed E-state index contributed by atoms with van der Waals surface area (Å²) in [6.45, 7) is 5.80. The Kier molecular flexibility index (Phi) is 4.67. The first-order valence-corrected chi connectivity index (χ1v) is 9.59. The fourth-order valence-corrected chi connectivity index (χ4v) is 4.82. The van der Waals surface area contributed by atoms with Crippen molar-refractivity contribution < 1.29 is 12.8 Å². The molecule has 0 saturated heterocycles. The van der Waals surface area contributed by atoms with Crippen LogP contribution in [0.25, 0.3) is 10.9 Å². The number of benzene rings is 2. The Labute approximate surface area is 147 Å². The maximum Gasteiger partial charge on any atom is 0.241 e. The predicted octanol–water partition coefficient (Wildman–Crippen LogP) is 3.75. The van der Waals surface area contributed by atoms with Crippen LogP contribution < -0.4 is 4.72 Å². The van der Waals surface area contributed by atoms with Gasteiger partial charge in [-0.05, 0) is 62.1 Å². The fourth-order valence-electron chi connectivity index (χ4n) is 3.34. The van der Waals surface area contributed by atoms with Crippen molar-refractivity contribution in [2.24, 2.45) is 0 Å². The molecule has 4 nitrogen and oxygen atoms in total. The third kappa shape index (κ3) is 3.60. The average Bonchev–Trinajstić information content (AvgIpc) is 2.88. The van der Waals surface area contributed by atoms with Crippen LogP contribution in [-0.2, 0) is 16.4 Å². The van der Waals surface area contributed by atoms with E-state index in [1.54, 1.807) is 26.1 Å². The van der Waals surface area contributed by atoms with Gasteiger partial charge in [-0.15, -0.1) is 0 Å². The molecule has 0 amide bonds. The normalized spacial score (nSPS) is 12.0. The zero-order valence-electron chi connectivity index (χ0n) is 14.5. The van der Waals surface area contributed by atoms with E-state index in [1.165, 1.54) is 12.1 Å². The number of sulfonamides is 1. The molecule has 0 fully saturated rings. The SMILES string of the molecule is Cc1cc(C)c(S(=O)(=O)NCCc2c[nH]c3ccc(F)cc23)c(C)c1. The summed E-state index contributed by atoms with van der Waals surface area (Å²) in [4.78, 5) is 3.41. The number of H-pyrrole nitrogens is 1. The molecular weight excluding hydrogens is 339 g/mol. The number of aromatic amines is 1. The molecule has 2 aromatic carbocycles. The predicted molar refractivity (Wildman–Crippen MR) is 97.8 cm³/mol. The molecule has 25 heavy (non-hydrogen) atoms.